The maximum atomic E-state index is 13.3. The van der Waals surface area contributed by atoms with Crippen LogP contribution in [0.25, 0.3) is 50.1 Å². The first-order chi connectivity index (χ1) is 15.8. The van der Waals surface area contributed by atoms with Crippen molar-refractivity contribution in [3.05, 3.63) is 120 Å². The van der Waals surface area contributed by atoms with Crippen LogP contribution in [0, 0.1) is 0 Å². The molecule has 1 N–H and O–H groups in total. The zero-order valence-electron chi connectivity index (χ0n) is 17.2. The van der Waals surface area contributed by atoms with Crippen molar-refractivity contribution in [3.8, 4) is 28.2 Å². The number of rotatable bonds is 3. The quantitative estimate of drug-likeness (QED) is 0.375. The molecule has 0 spiro atoms. The lowest BCUT2D eigenvalue weighted by Gasteiger charge is -2.13. The van der Waals surface area contributed by atoms with Gasteiger partial charge in [0.25, 0.3) is 5.56 Å². The molecule has 2 aromatic heterocycles. The molecule has 4 aromatic carbocycles. The van der Waals surface area contributed by atoms with Crippen LogP contribution in [0.15, 0.2) is 114 Å². The van der Waals surface area contributed by atoms with E-state index in [4.69, 9.17) is 4.98 Å². The number of para-hydroxylation sites is 4. The molecule has 0 bridgehead atoms. The van der Waals surface area contributed by atoms with Gasteiger partial charge in [-0.3, -0.25) is 4.79 Å². The van der Waals surface area contributed by atoms with Gasteiger partial charge in [0.1, 0.15) is 5.69 Å². The fraction of sp³-hybridized carbons (Fsp3) is 0. The van der Waals surface area contributed by atoms with Crippen LogP contribution < -0.4 is 5.56 Å². The number of nitrogens with zero attached hydrogens (tertiary/aromatic N) is 2. The Balaban J connectivity index is 1.81. The van der Waals surface area contributed by atoms with Gasteiger partial charge in [-0.2, -0.15) is 0 Å². The van der Waals surface area contributed by atoms with E-state index in [2.05, 4.69) is 45.9 Å². The van der Waals surface area contributed by atoms with Crippen LogP contribution in [0.3, 0.4) is 0 Å². The van der Waals surface area contributed by atoms with Gasteiger partial charge in [-0.15, -0.1) is 0 Å². The van der Waals surface area contributed by atoms with E-state index in [9.17, 15) is 4.79 Å². The Morgan fingerprint density at radius 1 is 0.688 bits per heavy atom. The standard InChI is InChI=1S/C28H19N3O/c32-28-26(29-22-16-8-9-17-23(22)30-28)25-21-15-7-10-18-24(21)31(20-13-5-2-6-14-20)27(25)19-11-3-1-4-12-19/h1-18H,(H,30,32). The van der Waals surface area contributed by atoms with Gasteiger partial charge >= 0.3 is 0 Å². The number of H-pyrrole nitrogens is 1. The van der Waals surface area contributed by atoms with Crippen molar-refractivity contribution < 1.29 is 0 Å². The van der Waals surface area contributed by atoms with E-state index in [1.54, 1.807) is 0 Å². The van der Waals surface area contributed by atoms with Gasteiger partial charge in [0, 0.05) is 16.6 Å². The number of aromatic nitrogens is 3. The highest BCUT2D eigenvalue weighted by Gasteiger charge is 2.23. The zero-order valence-corrected chi connectivity index (χ0v) is 17.2. The van der Waals surface area contributed by atoms with Crippen LogP contribution >= 0.6 is 0 Å². The highest BCUT2D eigenvalue weighted by atomic mass is 16.1. The van der Waals surface area contributed by atoms with Crippen LogP contribution in [-0.2, 0) is 0 Å². The van der Waals surface area contributed by atoms with E-state index in [0.717, 1.165) is 44.4 Å². The lowest BCUT2D eigenvalue weighted by Crippen LogP contribution is -2.12. The molecule has 0 saturated carbocycles. The van der Waals surface area contributed by atoms with Gasteiger partial charge in [-0.05, 0) is 35.9 Å². The molecule has 0 aliphatic carbocycles. The first-order valence-corrected chi connectivity index (χ1v) is 10.5. The highest BCUT2D eigenvalue weighted by molar-refractivity contribution is 6.05. The molecule has 0 atom stereocenters. The maximum absolute atomic E-state index is 13.3. The summed E-state index contributed by atoms with van der Waals surface area (Å²) in [6, 6.07) is 36.2. The maximum Gasteiger partial charge on any atom is 0.275 e. The molecule has 6 aromatic rings. The smallest absolute Gasteiger partial charge is 0.275 e. The summed E-state index contributed by atoms with van der Waals surface area (Å²) in [5.41, 5.74) is 6.59. The third kappa shape index (κ3) is 2.85. The minimum atomic E-state index is -0.197. The first kappa shape index (κ1) is 18.3. The third-order valence-corrected chi connectivity index (χ3v) is 5.77. The van der Waals surface area contributed by atoms with E-state index in [-0.39, 0.29) is 5.56 Å². The number of nitrogens with one attached hydrogen (secondary N) is 1. The average Bonchev–Trinajstić information content (AvgIpc) is 3.20. The van der Waals surface area contributed by atoms with Gasteiger partial charge in [0.15, 0.2) is 0 Å². The van der Waals surface area contributed by atoms with Crippen molar-refractivity contribution in [2.45, 2.75) is 0 Å². The second-order valence-corrected chi connectivity index (χ2v) is 7.71. The molecule has 4 nitrogen and oxygen atoms in total. The minimum absolute atomic E-state index is 0.197. The van der Waals surface area contributed by atoms with Crippen molar-refractivity contribution in [1.82, 2.24) is 14.5 Å². The summed E-state index contributed by atoms with van der Waals surface area (Å²) in [5.74, 6) is 0. The average molecular weight is 413 g/mol. The van der Waals surface area contributed by atoms with Gasteiger partial charge in [-0.1, -0.05) is 78.9 Å². The van der Waals surface area contributed by atoms with Gasteiger partial charge in [0.2, 0.25) is 0 Å². The molecule has 2 heterocycles. The first-order valence-electron chi connectivity index (χ1n) is 10.5. The Morgan fingerprint density at radius 3 is 2.16 bits per heavy atom. The fourth-order valence-corrected chi connectivity index (χ4v) is 4.39. The second-order valence-electron chi connectivity index (χ2n) is 7.71. The van der Waals surface area contributed by atoms with Crippen molar-refractivity contribution in [2.75, 3.05) is 0 Å². The SMILES string of the molecule is O=c1[nH]c2ccccc2nc1-c1c(-c2ccccc2)n(-c2ccccc2)c2ccccc12. The van der Waals surface area contributed by atoms with Gasteiger partial charge in [0.05, 0.1) is 22.2 Å². The summed E-state index contributed by atoms with van der Waals surface area (Å²) < 4.78 is 2.22. The van der Waals surface area contributed by atoms with Crippen molar-refractivity contribution in [3.63, 3.8) is 0 Å². The summed E-state index contributed by atoms with van der Waals surface area (Å²) in [4.78, 5) is 21.1. The minimum Gasteiger partial charge on any atom is -0.319 e. The van der Waals surface area contributed by atoms with Gasteiger partial charge in [-0.25, -0.2) is 4.98 Å². The predicted octanol–water partition coefficient (Wildman–Crippen LogP) is 6.20. The Morgan fingerprint density at radius 2 is 1.34 bits per heavy atom. The number of hydrogen-bond acceptors (Lipinski definition) is 2. The Kier molecular flexibility index (Phi) is 4.22. The van der Waals surface area contributed by atoms with E-state index in [0.29, 0.717) is 5.69 Å². The van der Waals surface area contributed by atoms with Crippen LogP contribution in [0.4, 0.5) is 0 Å². The Hall–Kier alpha value is -4.44. The number of hydrogen-bond donors (Lipinski definition) is 1. The highest BCUT2D eigenvalue weighted by Crippen LogP contribution is 2.41. The van der Waals surface area contributed by atoms with Crippen LogP contribution in [0.1, 0.15) is 0 Å². The number of aromatic amines is 1. The summed E-state index contributed by atoms with van der Waals surface area (Å²) in [7, 11) is 0. The molecular formula is C28H19N3O. The number of fused-ring (bicyclic) bond motifs is 2. The molecule has 6 rings (SSSR count). The van der Waals surface area contributed by atoms with E-state index in [1.165, 1.54) is 0 Å². The van der Waals surface area contributed by atoms with E-state index >= 15 is 0 Å². The van der Waals surface area contributed by atoms with Crippen molar-refractivity contribution in [2.24, 2.45) is 0 Å². The van der Waals surface area contributed by atoms with Crippen LogP contribution in [-0.4, -0.2) is 14.5 Å². The molecule has 32 heavy (non-hydrogen) atoms. The molecule has 0 unspecified atom stereocenters. The Bertz CT molecular complexity index is 1630. The summed E-state index contributed by atoms with van der Waals surface area (Å²) in [6.45, 7) is 0. The molecule has 0 saturated heterocycles. The van der Waals surface area contributed by atoms with E-state index < -0.39 is 0 Å². The topological polar surface area (TPSA) is 50.7 Å². The predicted molar refractivity (Wildman–Crippen MR) is 130 cm³/mol. The fourth-order valence-electron chi connectivity index (χ4n) is 4.39. The monoisotopic (exact) mass is 413 g/mol. The molecule has 0 fully saturated rings. The second kappa shape index (κ2) is 7.36. The molecule has 0 aliphatic heterocycles. The molecule has 0 radical (unpaired) electrons. The van der Waals surface area contributed by atoms with Crippen molar-refractivity contribution in [1.29, 1.82) is 0 Å². The van der Waals surface area contributed by atoms with E-state index in [1.807, 2.05) is 72.8 Å². The Labute approximate surface area is 184 Å². The van der Waals surface area contributed by atoms with Gasteiger partial charge < -0.3 is 9.55 Å². The normalized spacial score (nSPS) is 11.2. The molecular weight excluding hydrogens is 394 g/mol. The molecule has 0 aliphatic rings. The van der Waals surface area contributed by atoms with Crippen molar-refractivity contribution >= 4 is 21.9 Å². The van der Waals surface area contributed by atoms with Crippen LogP contribution in [0.5, 0.6) is 0 Å². The lowest BCUT2D eigenvalue weighted by molar-refractivity contribution is 1.13. The largest absolute Gasteiger partial charge is 0.319 e. The molecule has 152 valence electrons. The number of benzene rings is 4. The summed E-state index contributed by atoms with van der Waals surface area (Å²) in [5, 5.41) is 0.989. The third-order valence-electron chi connectivity index (χ3n) is 5.77. The zero-order chi connectivity index (χ0) is 21.5. The summed E-state index contributed by atoms with van der Waals surface area (Å²) in [6.07, 6.45) is 0. The molecule has 4 heteroatoms. The lowest BCUT2D eigenvalue weighted by atomic mass is 10.0. The van der Waals surface area contributed by atoms with Crippen LogP contribution in [0.2, 0.25) is 0 Å². The summed E-state index contributed by atoms with van der Waals surface area (Å²) >= 11 is 0. The molecule has 0 amide bonds.